The van der Waals surface area contributed by atoms with Gasteiger partial charge in [-0.2, -0.15) is 0 Å². The maximum absolute atomic E-state index is 13.1. The van der Waals surface area contributed by atoms with Gasteiger partial charge in [-0.1, -0.05) is 0 Å². The van der Waals surface area contributed by atoms with Crippen molar-refractivity contribution in [3.8, 4) is 0 Å². The number of carbonyl (C=O) groups excluding carboxylic acids is 3. The van der Waals surface area contributed by atoms with Gasteiger partial charge in [0.1, 0.15) is 23.1 Å². The fourth-order valence-electron chi connectivity index (χ4n) is 3.40. The van der Waals surface area contributed by atoms with Crippen LogP contribution in [-0.2, 0) is 14.3 Å². The number of carbonyl (C=O) groups is 3. The molecule has 2 saturated heterocycles. The fraction of sp³-hybridized carbons (Fsp3) is 0.824. The van der Waals surface area contributed by atoms with Crippen LogP contribution in [0.15, 0.2) is 0 Å². The monoisotopic (exact) mass is 401 g/mol. The Kier molecular flexibility index (Phi) is 6.33. The lowest BCUT2D eigenvalue weighted by atomic mass is 9.94. The van der Waals surface area contributed by atoms with E-state index in [0.717, 1.165) is 0 Å². The molecular weight excluding hydrogens is 370 g/mol. The number of β-lactam (4-membered cyclic amide) rings is 1. The molecule has 1 unspecified atom stereocenters. The fourth-order valence-corrected chi connectivity index (χ4v) is 5.02. The van der Waals surface area contributed by atoms with Gasteiger partial charge < -0.3 is 31.3 Å². The van der Waals surface area contributed by atoms with Crippen LogP contribution < -0.4 is 16.8 Å². The molecule has 0 aliphatic carbocycles. The lowest BCUT2D eigenvalue weighted by molar-refractivity contribution is -0.157. The Labute approximate surface area is 164 Å². The molecule has 0 saturated carbocycles. The molecule has 3 amide bonds. The van der Waals surface area contributed by atoms with E-state index in [0.29, 0.717) is 26.2 Å². The summed E-state index contributed by atoms with van der Waals surface area (Å²) in [6.45, 7) is 10.6. The van der Waals surface area contributed by atoms with Crippen molar-refractivity contribution in [3.05, 3.63) is 0 Å². The minimum absolute atomic E-state index is 0.157. The standard InChI is InChI=1S/C17H31N5O4S/c1-16(2,3)26-15(25)20-10-12(23)22-11(17(4,5)27-14(10)22)13(24)21(8-6-18)9-7-19/h10-11,14H,6-9,18-19H2,1-5H3,(H,20,25)/t10-,11+,14?/m1/s1. The molecule has 2 rings (SSSR count). The minimum atomic E-state index is -0.695. The van der Waals surface area contributed by atoms with Gasteiger partial charge in [0, 0.05) is 30.9 Å². The van der Waals surface area contributed by atoms with Crippen LogP contribution in [-0.4, -0.2) is 81.7 Å². The van der Waals surface area contributed by atoms with Crippen LogP contribution in [0, 0.1) is 0 Å². The Hall–Kier alpha value is -1.52. The second kappa shape index (κ2) is 7.84. The van der Waals surface area contributed by atoms with Crippen LogP contribution in [0.25, 0.3) is 0 Å². The van der Waals surface area contributed by atoms with Crippen LogP contribution in [0.2, 0.25) is 0 Å². The number of nitrogens with two attached hydrogens (primary N) is 2. The highest BCUT2D eigenvalue weighted by Crippen LogP contribution is 2.51. The molecule has 2 fully saturated rings. The summed E-state index contributed by atoms with van der Waals surface area (Å²) in [6, 6.07) is -1.31. The SMILES string of the molecule is CC(C)(C)OC(=O)N[C@@H]1C(=O)N2C1SC(C)(C)[C@@H]2C(=O)N(CCN)CCN. The molecule has 9 nitrogen and oxygen atoms in total. The number of hydrogen-bond donors (Lipinski definition) is 3. The molecule has 2 heterocycles. The maximum Gasteiger partial charge on any atom is 0.408 e. The summed E-state index contributed by atoms with van der Waals surface area (Å²) in [5, 5.41) is 2.33. The summed E-state index contributed by atoms with van der Waals surface area (Å²) in [4.78, 5) is 41.0. The quantitative estimate of drug-likeness (QED) is 0.520. The molecule has 0 radical (unpaired) electrons. The smallest absolute Gasteiger partial charge is 0.408 e. The third-order valence-corrected chi connectivity index (χ3v) is 6.03. The van der Waals surface area contributed by atoms with E-state index in [4.69, 9.17) is 16.2 Å². The molecule has 0 spiro atoms. The Balaban J connectivity index is 2.13. The largest absolute Gasteiger partial charge is 0.444 e. The molecule has 5 N–H and O–H groups in total. The molecule has 27 heavy (non-hydrogen) atoms. The summed E-state index contributed by atoms with van der Waals surface area (Å²) in [7, 11) is 0. The zero-order chi connectivity index (χ0) is 20.6. The lowest BCUT2D eigenvalue weighted by Crippen LogP contribution is -2.71. The van der Waals surface area contributed by atoms with E-state index in [1.807, 2.05) is 13.8 Å². The van der Waals surface area contributed by atoms with E-state index in [9.17, 15) is 14.4 Å². The number of nitrogens with one attached hydrogen (secondary N) is 1. The molecule has 2 aliphatic rings. The van der Waals surface area contributed by atoms with Crippen molar-refractivity contribution in [1.82, 2.24) is 15.1 Å². The van der Waals surface area contributed by atoms with E-state index in [-0.39, 0.29) is 17.2 Å². The number of amides is 3. The van der Waals surface area contributed by atoms with Gasteiger partial charge in [0.05, 0.1) is 0 Å². The topological polar surface area (TPSA) is 131 Å². The number of fused-ring (bicyclic) bond motifs is 1. The number of hydrogen-bond acceptors (Lipinski definition) is 7. The van der Waals surface area contributed by atoms with E-state index in [1.54, 1.807) is 30.6 Å². The van der Waals surface area contributed by atoms with Gasteiger partial charge >= 0.3 is 6.09 Å². The molecular formula is C17H31N5O4S. The highest BCUT2D eigenvalue weighted by molar-refractivity contribution is 8.01. The molecule has 2 aliphatic heterocycles. The number of nitrogens with zero attached hydrogens (tertiary/aromatic N) is 2. The van der Waals surface area contributed by atoms with Gasteiger partial charge in [0.15, 0.2) is 0 Å². The molecule has 3 atom stereocenters. The Bertz CT molecular complexity index is 601. The van der Waals surface area contributed by atoms with E-state index < -0.39 is 28.5 Å². The normalized spacial score (nSPS) is 26.3. The lowest BCUT2D eigenvalue weighted by Gasteiger charge is -2.45. The first kappa shape index (κ1) is 21.8. The molecule has 0 aromatic carbocycles. The van der Waals surface area contributed by atoms with Crippen LogP contribution in [0.1, 0.15) is 34.6 Å². The van der Waals surface area contributed by atoms with E-state index in [2.05, 4.69) is 5.32 Å². The highest BCUT2D eigenvalue weighted by atomic mass is 32.2. The summed E-state index contributed by atoms with van der Waals surface area (Å²) >= 11 is 1.50. The molecule has 0 aromatic rings. The second-order valence-electron chi connectivity index (χ2n) is 8.29. The first-order chi connectivity index (χ1) is 12.4. The summed E-state index contributed by atoms with van der Waals surface area (Å²) in [6.07, 6.45) is -0.637. The predicted molar refractivity (Wildman–Crippen MR) is 104 cm³/mol. The summed E-state index contributed by atoms with van der Waals surface area (Å²) in [5.74, 6) is -0.433. The zero-order valence-electron chi connectivity index (χ0n) is 16.7. The van der Waals surface area contributed by atoms with Crippen molar-refractivity contribution < 1.29 is 19.1 Å². The number of thioether (sulfide) groups is 1. The third-order valence-electron chi connectivity index (χ3n) is 4.46. The van der Waals surface area contributed by atoms with Gasteiger partial charge in [-0.15, -0.1) is 11.8 Å². The average Bonchev–Trinajstić information content (AvgIpc) is 2.78. The Morgan fingerprint density at radius 1 is 1.26 bits per heavy atom. The highest BCUT2D eigenvalue weighted by Gasteiger charge is 2.64. The van der Waals surface area contributed by atoms with Crippen molar-refractivity contribution in [1.29, 1.82) is 0 Å². The van der Waals surface area contributed by atoms with Gasteiger partial charge in [0.2, 0.25) is 11.8 Å². The van der Waals surface area contributed by atoms with Crippen molar-refractivity contribution in [3.63, 3.8) is 0 Å². The zero-order valence-corrected chi connectivity index (χ0v) is 17.5. The summed E-state index contributed by atoms with van der Waals surface area (Å²) < 4.78 is 4.74. The van der Waals surface area contributed by atoms with Gasteiger partial charge in [0.25, 0.3) is 0 Å². The Morgan fingerprint density at radius 2 is 1.81 bits per heavy atom. The van der Waals surface area contributed by atoms with Crippen LogP contribution in [0.4, 0.5) is 4.79 Å². The second-order valence-corrected chi connectivity index (χ2v) is 10.1. The molecule has 154 valence electrons. The number of ether oxygens (including phenoxy) is 1. The average molecular weight is 402 g/mol. The van der Waals surface area contributed by atoms with Crippen LogP contribution in [0.3, 0.4) is 0 Å². The van der Waals surface area contributed by atoms with Gasteiger partial charge in [-0.25, -0.2) is 4.79 Å². The Morgan fingerprint density at radius 3 is 2.30 bits per heavy atom. The first-order valence-corrected chi connectivity index (χ1v) is 9.99. The number of rotatable bonds is 6. The van der Waals surface area contributed by atoms with E-state index in [1.165, 1.54) is 11.8 Å². The first-order valence-electron chi connectivity index (χ1n) is 9.11. The van der Waals surface area contributed by atoms with E-state index >= 15 is 0 Å². The molecule has 0 aromatic heterocycles. The van der Waals surface area contributed by atoms with Crippen molar-refractivity contribution >= 4 is 29.7 Å². The predicted octanol–water partition coefficient (Wildman–Crippen LogP) is -0.312. The maximum atomic E-state index is 13.1. The molecule has 10 heteroatoms. The van der Waals surface area contributed by atoms with Gasteiger partial charge in [-0.3, -0.25) is 9.59 Å². The van der Waals surface area contributed by atoms with Gasteiger partial charge in [-0.05, 0) is 34.6 Å². The van der Waals surface area contributed by atoms with Crippen molar-refractivity contribution in [2.24, 2.45) is 11.5 Å². The molecule has 0 bridgehead atoms. The summed E-state index contributed by atoms with van der Waals surface area (Å²) in [5.41, 5.74) is 10.6. The minimum Gasteiger partial charge on any atom is -0.444 e. The number of alkyl carbamates (subject to hydrolysis) is 1. The van der Waals surface area contributed by atoms with Crippen LogP contribution in [0.5, 0.6) is 0 Å². The van der Waals surface area contributed by atoms with Crippen molar-refractivity contribution in [2.75, 3.05) is 26.2 Å². The van der Waals surface area contributed by atoms with Crippen LogP contribution >= 0.6 is 11.8 Å². The third kappa shape index (κ3) is 4.49. The van der Waals surface area contributed by atoms with Crippen molar-refractivity contribution in [2.45, 2.75) is 62.4 Å².